The minimum absolute atomic E-state index is 0.0182. The number of rotatable bonds is 4. The minimum atomic E-state index is -0.167. The van der Waals surface area contributed by atoms with Crippen LogP contribution in [0.15, 0.2) is 0 Å². The highest BCUT2D eigenvalue weighted by molar-refractivity contribution is 6.08. The highest BCUT2D eigenvalue weighted by Crippen LogP contribution is 1.92. The van der Waals surface area contributed by atoms with Crippen molar-refractivity contribution in [2.75, 3.05) is 13.2 Å². The van der Waals surface area contributed by atoms with Crippen LogP contribution in [0.1, 0.15) is 6.92 Å². The number of ether oxygens (including phenoxy) is 1. The van der Waals surface area contributed by atoms with Gasteiger partial charge in [-0.15, -0.1) is 0 Å². The van der Waals surface area contributed by atoms with Crippen molar-refractivity contribution >= 4 is 7.85 Å². The molecule has 0 aromatic carbocycles. The zero-order chi connectivity index (χ0) is 6.41. The van der Waals surface area contributed by atoms with Crippen molar-refractivity contribution in [3.05, 3.63) is 0 Å². The van der Waals surface area contributed by atoms with Crippen molar-refractivity contribution < 1.29 is 9.84 Å². The number of aliphatic hydroxyl groups is 1. The largest absolute Gasteiger partial charge is 0.394 e. The molecule has 3 heteroatoms. The molecule has 1 N–H and O–H groups in total. The van der Waals surface area contributed by atoms with Crippen molar-refractivity contribution in [3.8, 4) is 0 Å². The summed E-state index contributed by atoms with van der Waals surface area (Å²) in [6, 6.07) is 0. The van der Waals surface area contributed by atoms with Gasteiger partial charge in [0.15, 0.2) is 0 Å². The van der Waals surface area contributed by atoms with Crippen LogP contribution < -0.4 is 0 Å². The fraction of sp³-hybridized carbons (Fsp3) is 1.00. The molecular formula is C5H11BO2. The molecule has 1 atom stereocenters. The van der Waals surface area contributed by atoms with Gasteiger partial charge in [-0.2, -0.15) is 0 Å². The van der Waals surface area contributed by atoms with Crippen molar-refractivity contribution in [1.82, 2.24) is 0 Å². The lowest BCUT2D eigenvalue weighted by molar-refractivity contribution is 0.0329. The van der Waals surface area contributed by atoms with Crippen molar-refractivity contribution in [1.29, 1.82) is 0 Å². The first kappa shape index (κ1) is 7.98. The predicted molar refractivity (Wildman–Crippen MR) is 33.1 cm³/mol. The van der Waals surface area contributed by atoms with Gasteiger partial charge in [0.25, 0.3) is 0 Å². The normalized spacial score (nSPS) is 13.8. The van der Waals surface area contributed by atoms with Crippen LogP contribution in [0.4, 0.5) is 0 Å². The van der Waals surface area contributed by atoms with Gasteiger partial charge in [-0.25, -0.2) is 0 Å². The third kappa shape index (κ3) is 3.05. The zero-order valence-corrected chi connectivity index (χ0v) is 5.13. The molecule has 0 aromatic heterocycles. The standard InChI is InChI=1S/C5H11BO2/c1-2-8-5(3-6)4-7/h5,7H,2-4H2,1H3. The maximum atomic E-state index is 8.45. The first-order valence-corrected chi connectivity index (χ1v) is 2.77. The summed E-state index contributed by atoms with van der Waals surface area (Å²) in [5.74, 6) is 0. The van der Waals surface area contributed by atoms with Crippen molar-refractivity contribution in [2.24, 2.45) is 0 Å². The maximum Gasteiger partial charge on any atom is 0.0729 e. The smallest absolute Gasteiger partial charge is 0.0729 e. The fourth-order valence-corrected chi connectivity index (χ4v) is 0.431. The van der Waals surface area contributed by atoms with E-state index in [1.807, 2.05) is 6.92 Å². The van der Waals surface area contributed by atoms with Crippen molar-refractivity contribution in [3.63, 3.8) is 0 Å². The Hall–Kier alpha value is -0.0151. The van der Waals surface area contributed by atoms with Crippen LogP contribution in [-0.2, 0) is 4.74 Å². The number of hydrogen-bond donors (Lipinski definition) is 1. The molecule has 0 rings (SSSR count). The summed E-state index contributed by atoms with van der Waals surface area (Å²) in [7, 11) is 5.18. The van der Waals surface area contributed by atoms with Crippen LogP contribution in [-0.4, -0.2) is 32.3 Å². The summed E-state index contributed by atoms with van der Waals surface area (Å²) in [6.45, 7) is 2.51. The molecule has 46 valence electrons. The van der Waals surface area contributed by atoms with Gasteiger partial charge < -0.3 is 9.84 Å². The van der Waals surface area contributed by atoms with E-state index in [9.17, 15) is 0 Å². The topological polar surface area (TPSA) is 29.5 Å². The number of aliphatic hydroxyl groups excluding tert-OH is 1. The quantitative estimate of drug-likeness (QED) is 0.520. The van der Waals surface area contributed by atoms with Gasteiger partial charge in [-0.1, -0.05) is 6.32 Å². The van der Waals surface area contributed by atoms with Gasteiger partial charge in [-0.05, 0) is 6.92 Å². The van der Waals surface area contributed by atoms with E-state index in [1.54, 1.807) is 0 Å². The van der Waals surface area contributed by atoms with E-state index in [0.29, 0.717) is 12.9 Å². The molecule has 0 aliphatic carbocycles. The summed E-state index contributed by atoms with van der Waals surface area (Å²) in [6.07, 6.45) is 0.227. The summed E-state index contributed by atoms with van der Waals surface area (Å²) in [5.41, 5.74) is 0. The third-order valence-electron chi connectivity index (χ3n) is 0.869. The van der Waals surface area contributed by atoms with Crippen LogP contribution in [0.3, 0.4) is 0 Å². The molecule has 0 amide bonds. The van der Waals surface area contributed by atoms with Crippen LogP contribution >= 0.6 is 0 Å². The first-order valence-electron chi connectivity index (χ1n) is 2.77. The van der Waals surface area contributed by atoms with Gasteiger partial charge in [-0.3, -0.25) is 0 Å². The molecule has 8 heavy (non-hydrogen) atoms. The van der Waals surface area contributed by atoms with E-state index in [0.717, 1.165) is 0 Å². The van der Waals surface area contributed by atoms with Crippen LogP contribution in [0.25, 0.3) is 0 Å². The zero-order valence-electron chi connectivity index (χ0n) is 5.13. The summed E-state index contributed by atoms with van der Waals surface area (Å²) in [4.78, 5) is 0. The Balaban J connectivity index is 3.07. The lowest BCUT2D eigenvalue weighted by Gasteiger charge is -2.09. The Bertz CT molecular complexity index is 45.7. The summed E-state index contributed by atoms with van der Waals surface area (Å²) in [5, 5.41) is 8.45. The van der Waals surface area contributed by atoms with Crippen molar-refractivity contribution in [2.45, 2.75) is 19.3 Å². The second-order valence-electron chi connectivity index (χ2n) is 1.50. The van der Waals surface area contributed by atoms with Crippen LogP contribution in [0.2, 0.25) is 6.32 Å². The molecule has 0 bridgehead atoms. The van der Waals surface area contributed by atoms with Crippen LogP contribution in [0.5, 0.6) is 0 Å². The average Bonchev–Trinajstić information content (AvgIpc) is 1.83. The minimum Gasteiger partial charge on any atom is -0.394 e. The Labute approximate surface area is 51.3 Å². The fourth-order valence-electron chi connectivity index (χ4n) is 0.431. The SMILES string of the molecule is [B]CC(CO)OCC. The summed E-state index contributed by atoms with van der Waals surface area (Å²) >= 11 is 0. The molecule has 2 radical (unpaired) electrons. The second-order valence-corrected chi connectivity index (χ2v) is 1.50. The average molecular weight is 114 g/mol. The molecule has 1 unspecified atom stereocenters. The second kappa shape index (κ2) is 5.13. The molecular weight excluding hydrogens is 103 g/mol. The molecule has 2 nitrogen and oxygen atoms in total. The molecule has 0 aliphatic heterocycles. The molecule has 0 fully saturated rings. The maximum absolute atomic E-state index is 8.45. The van der Waals surface area contributed by atoms with E-state index in [2.05, 4.69) is 0 Å². The molecule has 0 aliphatic rings. The molecule has 0 heterocycles. The van der Waals surface area contributed by atoms with E-state index < -0.39 is 0 Å². The Kier molecular flexibility index (Phi) is 5.12. The van der Waals surface area contributed by atoms with Gasteiger partial charge in [0.05, 0.1) is 20.6 Å². The first-order chi connectivity index (χ1) is 3.85. The van der Waals surface area contributed by atoms with E-state index in [4.69, 9.17) is 17.7 Å². The molecule has 0 aromatic rings. The van der Waals surface area contributed by atoms with E-state index in [-0.39, 0.29) is 12.7 Å². The van der Waals surface area contributed by atoms with Gasteiger partial charge >= 0.3 is 0 Å². The van der Waals surface area contributed by atoms with Crippen LogP contribution in [0, 0.1) is 0 Å². The monoisotopic (exact) mass is 114 g/mol. The Morgan fingerprint density at radius 3 is 2.50 bits per heavy atom. The van der Waals surface area contributed by atoms with E-state index >= 15 is 0 Å². The third-order valence-corrected chi connectivity index (χ3v) is 0.869. The highest BCUT2D eigenvalue weighted by atomic mass is 16.5. The Morgan fingerprint density at radius 2 is 2.38 bits per heavy atom. The lowest BCUT2D eigenvalue weighted by Crippen LogP contribution is -2.16. The molecule has 0 spiro atoms. The predicted octanol–water partition coefficient (Wildman–Crippen LogP) is -0.0294. The molecule has 0 saturated heterocycles. The van der Waals surface area contributed by atoms with E-state index in [1.165, 1.54) is 0 Å². The lowest BCUT2D eigenvalue weighted by atomic mass is 10.0. The highest BCUT2D eigenvalue weighted by Gasteiger charge is 1.99. The van der Waals surface area contributed by atoms with Gasteiger partial charge in [0, 0.05) is 6.61 Å². The summed E-state index contributed by atoms with van der Waals surface area (Å²) < 4.78 is 4.97. The van der Waals surface area contributed by atoms with Gasteiger partial charge in [0.2, 0.25) is 0 Å². The molecule has 0 saturated carbocycles. The Morgan fingerprint density at radius 1 is 1.75 bits per heavy atom. The number of hydrogen-bond acceptors (Lipinski definition) is 2. The van der Waals surface area contributed by atoms with Gasteiger partial charge in [0.1, 0.15) is 0 Å².